The van der Waals surface area contributed by atoms with Crippen LogP contribution in [0.1, 0.15) is 45.6 Å². The topological polar surface area (TPSA) is 38.0 Å². The van der Waals surface area contributed by atoms with Gasteiger partial charge in [-0.05, 0) is 66.7 Å². The Hall–Kier alpha value is -1.18. The Labute approximate surface area is 116 Å². The minimum Gasteiger partial charge on any atom is -0.399 e. The van der Waals surface area contributed by atoms with Crippen LogP contribution < -0.4 is 11.1 Å². The van der Waals surface area contributed by atoms with Crippen molar-refractivity contribution in [3.8, 4) is 0 Å². The lowest BCUT2D eigenvalue weighted by Gasteiger charge is -2.44. The van der Waals surface area contributed by atoms with E-state index in [-0.39, 0.29) is 0 Å². The van der Waals surface area contributed by atoms with Gasteiger partial charge >= 0.3 is 0 Å². The van der Waals surface area contributed by atoms with Gasteiger partial charge in [0.05, 0.1) is 0 Å². The van der Waals surface area contributed by atoms with E-state index in [0.717, 1.165) is 11.6 Å². The van der Waals surface area contributed by atoms with E-state index in [0.29, 0.717) is 16.9 Å². The molecule has 3 unspecified atom stereocenters. The third-order valence-corrected chi connectivity index (χ3v) is 5.82. The number of nitrogen functional groups attached to an aromatic ring is 1. The summed E-state index contributed by atoms with van der Waals surface area (Å²) in [5.41, 5.74) is 10.0. The van der Waals surface area contributed by atoms with Gasteiger partial charge in [0.2, 0.25) is 0 Å². The molecule has 0 amide bonds. The molecule has 0 aliphatic heterocycles. The van der Waals surface area contributed by atoms with Gasteiger partial charge in [-0.2, -0.15) is 0 Å². The van der Waals surface area contributed by atoms with Crippen LogP contribution in [-0.4, -0.2) is 6.04 Å². The van der Waals surface area contributed by atoms with E-state index in [1.165, 1.54) is 30.5 Å². The molecule has 2 bridgehead atoms. The molecule has 2 fully saturated rings. The van der Waals surface area contributed by atoms with Gasteiger partial charge in [-0.3, -0.25) is 0 Å². The first-order chi connectivity index (χ1) is 8.83. The van der Waals surface area contributed by atoms with E-state index in [1.807, 2.05) is 6.07 Å². The largest absolute Gasteiger partial charge is 0.399 e. The van der Waals surface area contributed by atoms with Gasteiger partial charge in [0, 0.05) is 17.4 Å². The van der Waals surface area contributed by atoms with Crippen LogP contribution in [0.5, 0.6) is 0 Å². The molecule has 3 atom stereocenters. The van der Waals surface area contributed by atoms with E-state index in [4.69, 9.17) is 5.73 Å². The average Bonchev–Trinajstić information content (AvgIpc) is 2.78. The maximum atomic E-state index is 5.85. The van der Waals surface area contributed by atoms with E-state index < -0.39 is 0 Å². The molecule has 1 aromatic rings. The SMILES string of the molecule is Cc1cc(N)ccc1NC1C2(C)CCC(C2)C1(C)C. The number of aryl methyl sites for hydroxylation is 1. The minimum absolute atomic E-state index is 0.390. The highest BCUT2D eigenvalue weighted by Gasteiger charge is 2.59. The van der Waals surface area contributed by atoms with Crippen LogP contribution in [-0.2, 0) is 0 Å². The summed E-state index contributed by atoms with van der Waals surface area (Å²) in [7, 11) is 0. The molecule has 2 aliphatic carbocycles. The van der Waals surface area contributed by atoms with E-state index in [9.17, 15) is 0 Å². The van der Waals surface area contributed by atoms with Crippen molar-refractivity contribution in [2.45, 2.75) is 53.0 Å². The van der Waals surface area contributed by atoms with Crippen LogP contribution in [0.3, 0.4) is 0 Å². The second-order valence-electron chi connectivity index (χ2n) is 7.57. The zero-order valence-electron chi connectivity index (χ0n) is 12.6. The highest BCUT2D eigenvalue weighted by molar-refractivity contribution is 5.58. The summed E-state index contributed by atoms with van der Waals surface area (Å²) in [6.45, 7) is 9.48. The third-order valence-electron chi connectivity index (χ3n) is 5.82. The molecule has 2 nitrogen and oxygen atoms in total. The van der Waals surface area contributed by atoms with Crippen LogP contribution >= 0.6 is 0 Å². The second kappa shape index (κ2) is 3.91. The minimum atomic E-state index is 0.390. The Kier molecular flexibility index (Phi) is 2.64. The molecule has 2 saturated carbocycles. The fourth-order valence-electron chi connectivity index (χ4n) is 4.67. The van der Waals surface area contributed by atoms with E-state index in [1.54, 1.807) is 0 Å². The first-order valence-electron chi connectivity index (χ1n) is 7.46. The van der Waals surface area contributed by atoms with Crippen molar-refractivity contribution in [3.05, 3.63) is 23.8 Å². The van der Waals surface area contributed by atoms with Gasteiger partial charge in [0.25, 0.3) is 0 Å². The number of hydrogen-bond donors (Lipinski definition) is 2. The maximum absolute atomic E-state index is 5.85. The normalized spacial score (nSPS) is 35.6. The van der Waals surface area contributed by atoms with E-state index >= 15 is 0 Å². The average molecular weight is 258 g/mol. The monoisotopic (exact) mass is 258 g/mol. The molecule has 0 radical (unpaired) electrons. The van der Waals surface area contributed by atoms with Crippen molar-refractivity contribution in [2.75, 3.05) is 11.1 Å². The first-order valence-corrected chi connectivity index (χ1v) is 7.46. The van der Waals surface area contributed by atoms with Gasteiger partial charge < -0.3 is 11.1 Å². The van der Waals surface area contributed by atoms with Crippen LogP contribution in [0, 0.1) is 23.7 Å². The predicted molar refractivity (Wildman–Crippen MR) is 82.2 cm³/mol. The molecule has 0 heterocycles. The number of nitrogens with one attached hydrogen (secondary N) is 1. The van der Waals surface area contributed by atoms with Gasteiger partial charge in [-0.15, -0.1) is 0 Å². The highest BCUT2D eigenvalue weighted by atomic mass is 15.0. The van der Waals surface area contributed by atoms with Gasteiger partial charge in [0.15, 0.2) is 0 Å². The lowest BCUT2D eigenvalue weighted by atomic mass is 9.68. The van der Waals surface area contributed by atoms with Crippen molar-refractivity contribution < 1.29 is 0 Å². The Balaban J connectivity index is 1.90. The molecular weight excluding hydrogens is 232 g/mol. The quantitative estimate of drug-likeness (QED) is 0.780. The van der Waals surface area contributed by atoms with Crippen molar-refractivity contribution >= 4 is 11.4 Å². The summed E-state index contributed by atoms with van der Waals surface area (Å²) in [6, 6.07) is 6.76. The van der Waals surface area contributed by atoms with Gasteiger partial charge in [-0.1, -0.05) is 20.8 Å². The first kappa shape index (κ1) is 12.8. The lowest BCUT2D eigenvalue weighted by Crippen LogP contribution is -2.45. The van der Waals surface area contributed by atoms with Crippen molar-refractivity contribution in [1.29, 1.82) is 0 Å². The molecule has 19 heavy (non-hydrogen) atoms. The van der Waals surface area contributed by atoms with Crippen molar-refractivity contribution in [1.82, 2.24) is 0 Å². The van der Waals surface area contributed by atoms with Crippen LogP contribution in [0.4, 0.5) is 11.4 Å². The molecule has 0 saturated heterocycles. The Bertz CT molecular complexity index is 501. The standard InChI is InChI=1S/C17H26N2/c1-11-9-13(18)5-6-14(11)19-15-16(2,3)12-7-8-17(15,4)10-12/h5-6,9,12,15,19H,7-8,10,18H2,1-4H3. The number of benzene rings is 1. The fourth-order valence-corrected chi connectivity index (χ4v) is 4.67. The summed E-state index contributed by atoms with van der Waals surface area (Å²) in [5, 5.41) is 3.84. The zero-order chi connectivity index (χ0) is 13.8. The molecule has 3 rings (SSSR count). The molecular formula is C17H26N2. The molecule has 2 heteroatoms. The summed E-state index contributed by atoms with van der Waals surface area (Å²) in [6.07, 6.45) is 4.15. The summed E-state index contributed by atoms with van der Waals surface area (Å²) in [4.78, 5) is 0. The molecule has 0 spiro atoms. The lowest BCUT2D eigenvalue weighted by molar-refractivity contribution is 0.155. The maximum Gasteiger partial charge on any atom is 0.0373 e. The number of fused-ring (bicyclic) bond motifs is 2. The zero-order valence-corrected chi connectivity index (χ0v) is 12.6. The molecule has 0 aromatic heterocycles. The van der Waals surface area contributed by atoms with Gasteiger partial charge in [-0.25, -0.2) is 0 Å². The summed E-state index contributed by atoms with van der Waals surface area (Å²) in [5.74, 6) is 0.879. The molecule has 3 N–H and O–H groups in total. The summed E-state index contributed by atoms with van der Waals surface area (Å²) < 4.78 is 0. The van der Waals surface area contributed by atoms with Gasteiger partial charge in [0.1, 0.15) is 0 Å². The van der Waals surface area contributed by atoms with Crippen LogP contribution in [0.25, 0.3) is 0 Å². The molecule has 2 aliphatic rings. The Morgan fingerprint density at radius 3 is 2.58 bits per heavy atom. The second-order valence-corrected chi connectivity index (χ2v) is 7.57. The Morgan fingerprint density at radius 1 is 1.26 bits per heavy atom. The fraction of sp³-hybridized carbons (Fsp3) is 0.647. The number of rotatable bonds is 2. The van der Waals surface area contributed by atoms with Crippen molar-refractivity contribution in [3.63, 3.8) is 0 Å². The van der Waals surface area contributed by atoms with E-state index in [2.05, 4.69) is 45.1 Å². The number of anilines is 2. The smallest absolute Gasteiger partial charge is 0.0373 e. The highest BCUT2D eigenvalue weighted by Crippen LogP contribution is 2.63. The molecule has 1 aromatic carbocycles. The van der Waals surface area contributed by atoms with Crippen molar-refractivity contribution in [2.24, 2.45) is 16.7 Å². The third kappa shape index (κ3) is 1.84. The van der Waals surface area contributed by atoms with Crippen LogP contribution in [0.2, 0.25) is 0 Å². The van der Waals surface area contributed by atoms with Crippen LogP contribution in [0.15, 0.2) is 18.2 Å². The Morgan fingerprint density at radius 2 is 2.00 bits per heavy atom. The molecule has 104 valence electrons. The summed E-state index contributed by atoms with van der Waals surface area (Å²) >= 11 is 0. The number of hydrogen-bond acceptors (Lipinski definition) is 2. The predicted octanol–water partition coefficient (Wildman–Crippen LogP) is 4.20. The number of nitrogens with two attached hydrogens (primary N) is 1.